The number of nitrogens with one attached hydrogen (secondary N) is 2. The summed E-state index contributed by atoms with van der Waals surface area (Å²) in [6.45, 7) is -0.270. The summed E-state index contributed by atoms with van der Waals surface area (Å²) in [5.41, 5.74) is 7.62. The molecule has 0 radical (unpaired) electrons. The van der Waals surface area contributed by atoms with Crippen molar-refractivity contribution in [2.75, 3.05) is 19.6 Å². The summed E-state index contributed by atoms with van der Waals surface area (Å²) in [4.78, 5) is 47.9. The van der Waals surface area contributed by atoms with Gasteiger partial charge in [-0.1, -0.05) is 36.4 Å². The van der Waals surface area contributed by atoms with E-state index in [1.54, 1.807) is 36.5 Å². The number of piperazine rings is 1. The minimum Gasteiger partial charge on any atom is -0.368 e. The van der Waals surface area contributed by atoms with Crippen LogP contribution in [0.3, 0.4) is 0 Å². The van der Waals surface area contributed by atoms with Gasteiger partial charge in [0.15, 0.2) is 0 Å². The molecule has 1 fully saturated rings. The van der Waals surface area contributed by atoms with Crippen molar-refractivity contribution in [2.45, 2.75) is 23.4 Å². The quantitative estimate of drug-likeness (QED) is 0.295. The van der Waals surface area contributed by atoms with Gasteiger partial charge in [-0.15, -0.1) is 0 Å². The first kappa shape index (κ1) is 27.0. The van der Waals surface area contributed by atoms with Crippen LogP contribution in [0.4, 0.5) is 0 Å². The number of primary amides is 1. The maximum absolute atomic E-state index is 13.7. The average molecular weight is 561 g/mol. The van der Waals surface area contributed by atoms with Crippen molar-refractivity contribution < 1.29 is 22.8 Å². The highest BCUT2D eigenvalue weighted by Crippen LogP contribution is 2.24. The smallest absolute Gasteiger partial charge is 0.255 e. The molecule has 4 aromatic rings. The van der Waals surface area contributed by atoms with Crippen molar-refractivity contribution in [1.82, 2.24) is 24.5 Å². The number of sulfonamides is 1. The van der Waals surface area contributed by atoms with Crippen LogP contribution in [0.25, 0.3) is 10.9 Å². The van der Waals surface area contributed by atoms with Gasteiger partial charge in [0.05, 0.1) is 10.5 Å². The molecule has 0 bridgehead atoms. The molecule has 1 saturated heterocycles. The highest BCUT2D eigenvalue weighted by atomic mass is 32.2. The van der Waals surface area contributed by atoms with Gasteiger partial charge in [-0.3, -0.25) is 19.4 Å². The highest BCUT2D eigenvalue weighted by molar-refractivity contribution is 7.89. The fraction of sp³-hybridized carbons (Fsp3) is 0.214. The molecule has 0 aliphatic carbocycles. The lowest BCUT2D eigenvalue weighted by Gasteiger charge is -2.40. The van der Waals surface area contributed by atoms with Gasteiger partial charge in [-0.25, -0.2) is 8.42 Å². The third kappa shape index (κ3) is 5.44. The van der Waals surface area contributed by atoms with Gasteiger partial charge in [-0.2, -0.15) is 4.31 Å². The number of hydrogen-bond donors (Lipinski definition) is 3. The number of para-hydroxylation sites is 1. The summed E-state index contributed by atoms with van der Waals surface area (Å²) in [7, 11) is -4.10. The molecule has 2 aromatic carbocycles. The number of carbonyl (C=O) groups is 3. The number of carbonyl (C=O) groups excluding carboxylic acids is 3. The predicted molar refractivity (Wildman–Crippen MR) is 147 cm³/mol. The average Bonchev–Trinajstić information content (AvgIpc) is 3.39. The molecule has 1 aliphatic rings. The van der Waals surface area contributed by atoms with Crippen molar-refractivity contribution in [3.63, 3.8) is 0 Å². The number of H-pyrrole nitrogens is 1. The number of pyridine rings is 1. The molecule has 0 saturated carbocycles. The summed E-state index contributed by atoms with van der Waals surface area (Å²) in [6.07, 6.45) is 4.79. The zero-order valence-corrected chi connectivity index (χ0v) is 22.3. The van der Waals surface area contributed by atoms with Gasteiger partial charge in [0, 0.05) is 55.5 Å². The number of aromatic nitrogens is 2. The number of nitrogens with two attached hydrogens (primary N) is 1. The van der Waals surface area contributed by atoms with Crippen molar-refractivity contribution in [3.8, 4) is 0 Å². The van der Waals surface area contributed by atoms with E-state index in [0.717, 1.165) is 20.8 Å². The topological polar surface area (TPSA) is 159 Å². The number of amides is 3. The Kier molecular flexibility index (Phi) is 7.63. The lowest BCUT2D eigenvalue weighted by molar-refractivity contribution is -0.130. The molecular formula is C28H28N6O5S. The van der Waals surface area contributed by atoms with Crippen LogP contribution in [0.2, 0.25) is 0 Å². The van der Waals surface area contributed by atoms with E-state index in [-0.39, 0.29) is 36.9 Å². The van der Waals surface area contributed by atoms with Crippen molar-refractivity contribution in [1.29, 1.82) is 0 Å². The van der Waals surface area contributed by atoms with Crippen LogP contribution >= 0.6 is 0 Å². The fourth-order valence-corrected chi connectivity index (χ4v) is 6.45. The van der Waals surface area contributed by atoms with Gasteiger partial charge in [0.2, 0.25) is 21.8 Å². The minimum absolute atomic E-state index is 0.0186. The molecule has 2 atom stereocenters. The fourth-order valence-electron chi connectivity index (χ4n) is 4.86. The van der Waals surface area contributed by atoms with Crippen LogP contribution in [0.15, 0.2) is 90.2 Å². The Morgan fingerprint density at radius 2 is 1.77 bits per heavy atom. The van der Waals surface area contributed by atoms with Crippen molar-refractivity contribution >= 4 is 38.6 Å². The molecule has 0 spiro atoms. The molecule has 40 heavy (non-hydrogen) atoms. The molecule has 206 valence electrons. The molecule has 3 heterocycles. The molecule has 4 N–H and O–H groups in total. The van der Waals surface area contributed by atoms with E-state index >= 15 is 0 Å². The number of hydrogen-bond acceptors (Lipinski definition) is 6. The van der Waals surface area contributed by atoms with Crippen LogP contribution in [-0.4, -0.2) is 77.0 Å². The maximum atomic E-state index is 13.7. The SMILES string of the molecule is NC(=O)[C@@H](Cc1c[nH]c2ccccc12)NC(=O)[C@@H]1CN(C(=O)c2cccnc2)CCN1S(=O)(=O)c1ccccc1. The van der Waals surface area contributed by atoms with Gasteiger partial charge in [-0.05, 0) is 35.9 Å². The van der Waals surface area contributed by atoms with E-state index in [1.165, 1.54) is 29.4 Å². The monoisotopic (exact) mass is 560 g/mol. The lowest BCUT2D eigenvalue weighted by Crippen LogP contribution is -2.63. The Balaban J connectivity index is 1.43. The van der Waals surface area contributed by atoms with Gasteiger partial charge in [0.1, 0.15) is 12.1 Å². The Morgan fingerprint density at radius 3 is 2.50 bits per heavy atom. The lowest BCUT2D eigenvalue weighted by atomic mass is 10.0. The Hall–Kier alpha value is -4.55. The van der Waals surface area contributed by atoms with Crippen LogP contribution in [-0.2, 0) is 26.0 Å². The second-order valence-corrected chi connectivity index (χ2v) is 11.4. The number of rotatable bonds is 8. The first-order valence-corrected chi connectivity index (χ1v) is 14.1. The molecular weight excluding hydrogens is 532 g/mol. The third-order valence-electron chi connectivity index (χ3n) is 6.94. The molecule has 12 heteroatoms. The highest BCUT2D eigenvalue weighted by Gasteiger charge is 2.42. The van der Waals surface area contributed by atoms with Crippen LogP contribution in [0.5, 0.6) is 0 Å². The first-order valence-electron chi connectivity index (χ1n) is 12.7. The largest absolute Gasteiger partial charge is 0.368 e. The zero-order valence-electron chi connectivity index (χ0n) is 21.4. The first-order chi connectivity index (χ1) is 19.3. The predicted octanol–water partition coefficient (Wildman–Crippen LogP) is 1.29. The van der Waals surface area contributed by atoms with Gasteiger partial charge in [0.25, 0.3) is 5.91 Å². The second-order valence-electron chi connectivity index (χ2n) is 9.46. The summed E-state index contributed by atoms with van der Waals surface area (Å²) in [5.74, 6) is -1.88. The zero-order chi connectivity index (χ0) is 28.3. The minimum atomic E-state index is -4.10. The number of nitrogens with zero attached hydrogens (tertiary/aromatic N) is 3. The van der Waals surface area contributed by atoms with Gasteiger partial charge >= 0.3 is 0 Å². The standard InChI is InChI=1S/C28H28N6O5S/c29-26(35)24(15-20-17-31-23-11-5-4-10-22(20)23)32-27(36)25-18-33(28(37)19-7-6-12-30-16-19)13-14-34(25)40(38,39)21-8-2-1-3-9-21/h1-12,16-17,24-25,31H,13-15,18H2,(H2,29,35)(H,32,36)/t24-,25+/m1/s1. The summed E-state index contributed by atoms with van der Waals surface area (Å²) < 4.78 is 28.3. The van der Waals surface area contributed by atoms with E-state index in [9.17, 15) is 22.8 Å². The molecule has 1 aliphatic heterocycles. The summed E-state index contributed by atoms with van der Waals surface area (Å²) >= 11 is 0. The number of benzene rings is 2. The third-order valence-corrected chi connectivity index (χ3v) is 8.86. The number of aromatic amines is 1. The Labute approximate surface area is 231 Å². The molecule has 2 aromatic heterocycles. The van der Waals surface area contributed by atoms with Crippen LogP contribution in [0.1, 0.15) is 15.9 Å². The Morgan fingerprint density at radius 1 is 1.02 bits per heavy atom. The van der Waals surface area contributed by atoms with E-state index in [0.29, 0.717) is 5.56 Å². The van der Waals surface area contributed by atoms with E-state index < -0.39 is 33.9 Å². The molecule has 5 rings (SSSR count). The molecule has 0 unspecified atom stereocenters. The van der Waals surface area contributed by atoms with Crippen LogP contribution in [0, 0.1) is 0 Å². The van der Waals surface area contributed by atoms with E-state index in [2.05, 4.69) is 15.3 Å². The van der Waals surface area contributed by atoms with E-state index in [1.807, 2.05) is 24.3 Å². The second kappa shape index (κ2) is 11.3. The Bertz CT molecular complexity index is 1640. The normalized spacial score (nSPS) is 16.9. The van der Waals surface area contributed by atoms with Crippen molar-refractivity contribution in [2.24, 2.45) is 5.73 Å². The molecule has 3 amide bonds. The van der Waals surface area contributed by atoms with Crippen LogP contribution < -0.4 is 11.1 Å². The molecule has 11 nitrogen and oxygen atoms in total. The van der Waals surface area contributed by atoms with Crippen molar-refractivity contribution in [3.05, 3.63) is 96.4 Å². The van der Waals surface area contributed by atoms with E-state index in [4.69, 9.17) is 5.73 Å². The summed E-state index contributed by atoms with van der Waals surface area (Å²) in [6, 6.07) is 16.1. The number of fused-ring (bicyclic) bond motifs is 1. The maximum Gasteiger partial charge on any atom is 0.255 e. The van der Waals surface area contributed by atoms with Gasteiger partial charge < -0.3 is 20.9 Å². The summed E-state index contributed by atoms with van der Waals surface area (Å²) in [5, 5.41) is 3.54.